The van der Waals surface area contributed by atoms with Gasteiger partial charge >= 0.3 is 0 Å². The summed E-state index contributed by atoms with van der Waals surface area (Å²) in [6.45, 7) is 2.62. The predicted molar refractivity (Wildman–Crippen MR) is 97.9 cm³/mol. The second-order valence-corrected chi connectivity index (χ2v) is 6.48. The van der Waals surface area contributed by atoms with Crippen molar-refractivity contribution in [2.24, 2.45) is 0 Å². The number of aromatic amines is 1. The van der Waals surface area contributed by atoms with Crippen LogP contribution in [0.5, 0.6) is 0 Å². The van der Waals surface area contributed by atoms with E-state index >= 15 is 0 Å². The summed E-state index contributed by atoms with van der Waals surface area (Å²) in [6.07, 6.45) is 3.64. The summed E-state index contributed by atoms with van der Waals surface area (Å²) >= 11 is 1.72. The molecule has 0 atom stereocenters. The molecule has 0 fully saturated rings. The Balaban J connectivity index is 1.81. The Morgan fingerprint density at radius 1 is 1.29 bits per heavy atom. The summed E-state index contributed by atoms with van der Waals surface area (Å²) in [5, 5.41) is 6.46. The summed E-state index contributed by atoms with van der Waals surface area (Å²) in [6, 6.07) is 7.93. The first-order valence-corrected chi connectivity index (χ1v) is 8.42. The molecule has 6 nitrogen and oxygen atoms in total. The fourth-order valence-electron chi connectivity index (χ4n) is 2.70. The smallest absolute Gasteiger partial charge is 0.143 e. The Labute approximate surface area is 142 Å². The highest BCUT2D eigenvalue weighted by molar-refractivity contribution is 7.09. The third kappa shape index (κ3) is 2.69. The number of aryl methyl sites for hydroxylation is 1. The first-order chi connectivity index (χ1) is 11.7. The van der Waals surface area contributed by atoms with Gasteiger partial charge in [0.15, 0.2) is 0 Å². The highest BCUT2D eigenvalue weighted by Gasteiger charge is 2.14. The number of nitrogen functional groups attached to an aromatic ring is 1. The van der Waals surface area contributed by atoms with E-state index in [0.29, 0.717) is 5.82 Å². The average Bonchev–Trinajstić information content (AvgIpc) is 3.22. The van der Waals surface area contributed by atoms with Crippen molar-refractivity contribution in [1.29, 1.82) is 0 Å². The van der Waals surface area contributed by atoms with E-state index in [9.17, 15) is 0 Å². The van der Waals surface area contributed by atoms with Gasteiger partial charge in [-0.1, -0.05) is 6.07 Å². The Kier molecular flexibility index (Phi) is 3.62. The number of rotatable bonds is 4. The van der Waals surface area contributed by atoms with Gasteiger partial charge in [0.05, 0.1) is 11.9 Å². The molecule has 4 aromatic heterocycles. The molecule has 4 heterocycles. The molecule has 0 unspecified atom stereocenters. The van der Waals surface area contributed by atoms with Gasteiger partial charge in [-0.25, -0.2) is 15.0 Å². The molecule has 7 heteroatoms. The molecular formula is C17H16N6S. The number of aromatic nitrogens is 4. The van der Waals surface area contributed by atoms with Crippen LogP contribution in [-0.2, 0) is 6.54 Å². The van der Waals surface area contributed by atoms with Crippen molar-refractivity contribution >= 4 is 34.0 Å². The summed E-state index contributed by atoms with van der Waals surface area (Å²) in [5.41, 5.74) is 8.63. The lowest BCUT2D eigenvalue weighted by Gasteiger charge is -2.09. The van der Waals surface area contributed by atoms with Gasteiger partial charge in [0.1, 0.15) is 23.1 Å². The highest BCUT2D eigenvalue weighted by Crippen LogP contribution is 2.33. The van der Waals surface area contributed by atoms with Crippen LogP contribution in [-0.4, -0.2) is 19.9 Å². The number of hydrogen-bond donors (Lipinski definition) is 3. The molecule has 0 amide bonds. The number of hydrogen-bond acceptors (Lipinski definition) is 6. The maximum Gasteiger partial charge on any atom is 0.143 e. The first-order valence-electron chi connectivity index (χ1n) is 7.54. The number of anilines is 2. The predicted octanol–water partition coefficient (Wildman–Crippen LogP) is 3.58. The second kappa shape index (κ2) is 5.93. The van der Waals surface area contributed by atoms with E-state index in [-0.39, 0.29) is 0 Å². The third-order valence-corrected chi connectivity index (χ3v) is 4.62. The van der Waals surface area contributed by atoms with Crippen molar-refractivity contribution in [3.8, 4) is 11.1 Å². The number of fused-ring (bicyclic) bond motifs is 1. The number of nitrogens with zero attached hydrogens (tertiary/aromatic N) is 3. The van der Waals surface area contributed by atoms with Gasteiger partial charge in [-0.05, 0) is 36.1 Å². The van der Waals surface area contributed by atoms with Gasteiger partial charge in [-0.15, -0.1) is 11.3 Å². The van der Waals surface area contributed by atoms with E-state index in [0.717, 1.165) is 40.3 Å². The van der Waals surface area contributed by atoms with E-state index in [2.05, 4.69) is 36.7 Å². The van der Waals surface area contributed by atoms with Crippen LogP contribution in [0.25, 0.3) is 22.2 Å². The molecule has 0 spiro atoms. The van der Waals surface area contributed by atoms with Crippen molar-refractivity contribution in [1.82, 2.24) is 19.9 Å². The largest absolute Gasteiger partial charge is 0.384 e. The molecule has 0 saturated carbocycles. The van der Waals surface area contributed by atoms with Crippen molar-refractivity contribution < 1.29 is 0 Å². The van der Waals surface area contributed by atoms with Crippen molar-refractivity contribution in [2.45, 2.75) is 13.5 Å². The van der Waals surface area contributed by atoms with Crippen LogP contribution < -0.4 is 11.1 Å². The molecule has 0 aliphatic rings. The molecule has 4 rings (SSSR count). The van der Waals surface area contributed by atoms with Crippen molar-refractivity contribution in [3.05, 3.63) is 52.7 Å². The first kappa shape index (κ1) is 14.6. The van der Waals surface area contributed by atoms with Gasteiger partial charge in [0.2, 0.25) is 0 Å². The van der Waals surface area contributed by atoms with Gasteiger partial charge in [0.25, 0.3) is 0 Å². The zero-order valence-corrected chi connectivity index (χ0v) is 13.9. The lowest BCUT2D eigenvalue weighted by molar-refractivity contribution is 1.05. The topological polar surface area (TPSA) is 92.5 Å². The Morgan fingerprint density at radius 3 is 3.00 bits per heavy atom. The zero-order valence-electron chi connectivity index (χ0n) is 13.1. The second-order valence-electron chi connectivity index (χ2n) is 5.45. The third-order valence-electron chi connectivity index (χ3n) is 3.75. The van der Waals surface area contributed by atoms with Crippen LogP contribution >= 0.6 is 11.3 Å². The SMILES string of the molecule is Cc1nc(NCc2cccs2)c2c(-c3ccnc(N)c3)c[nH]c2n1. The van der Waals surface area contributed by atoms with E-state index in [1.807, 2.05) is 31.3 Å². The standard InChI is InChI=1S/C17H16N6S/c1-10-22-16(20-8-12-3-2-6-24-12)15-13(9-21-17(15)23-10)11-4-5-19-14(18)7-11/h2-7,9H,8H2,1H3,(H2,18,19)(H2,20,21,22,23). The van der Waals surface area contributed by atoms with Crippen LogP contribution in [0.1, 0.15) is 10.7 Å². The van der Waals surface area contributed by atoms with Crippen LogP contribution in [0.2, 0.25) is 0 Å². The molecule has 24 heavy (non-hydrogen) atoms. The van der Waals surface area contributed by atoms with Crippen LogP contribution in [0, 0.1) is 6.92 Å². The summed E-state index contributed by atoms with van der Waals surface area (Å²) in [4.78, 5) is 17.6. The monoisotopic (exact) mass is 336 g/mol. The molecular weight excluding hydrogens is 320 g/mol. The van der Waals surface area contributed by atoms with Gasteiger partial charge in [0, 0.05) is 22.8 Å². The molecule has 4 aromatic rings. The van der Waals surface area contributed by atoms with E-state index in [4.69, 9.17) is 5.73 Å². The highest BCUT2D eigenvalue weighted by atomic mass is 32.1. The quantitative estimate of drug-likeness (QED) is 0.530. The maximum atomic E-state index is 5.83. The minimum atomic E-state index is 0.489. The Morgan fingerprint density at radius 2 is 2.21 bits per heavy atom. The minimum absolute atomic E-state index is 0.489. The molecule has 0 radical (unpaired) electrons. The summed E-state index contributed by atoms with van der Waals surface area (Å²) in [5.74, 6) is 2.03. The molecule has 0 bridgehead atoms. The van der Waals surface area contributed by atoms with Crippen LogP contribution in [0.15, 0.2) is 42.0 Å². The normalized spacial score (nSPS) is 11.0. The fraction of sp³-hybridized carbons (Fsp3) is 0.118. The van der Waals surface area contributed by atoms with Crippen molar-refractivity contribution in [2.75, 3.05) is 11.1 Å². The number of nitrogens with one attached hydrogen (secondary N) is 2. The number of thiophene rings is 1. The minimum Gasteiger partial charge on any atom is -0.384 e. The van der Waals surface area contributed by atoms with E-state index in [1.165, 1.54) is 4.88 Å². The van der Waals surface area contributed by atoms with Gasteiger partial charge in [-0.2, -0.15) is 0 Å². The Bertz CT molecular complexity index is 990. The lowest BCUT2D eigenvalue weighted by Crippen LogP contribution is -2.03. The molecule has 0 aliphatic heterocycles. The molecule has 0 aromatic carbocycles. The van der Waals surface area contributed by atoms with Gasteiger partial charge < -0.3 is 16.0 Å². The zero-order chi connectivity index (χ0) is 16.5. The molecule has 4 N–H and O–H groups in total. The number of H-pyrrole nitrogens is 1. The number of nitrogens with two attached hydrogens (primary N) is 1. The van der Waals surface area contributed by atoms with Gasteiger partial charge in [-0.3, -0.25) is 0 Å². The summed E-state index contributed by atoms with van der Waals surface area (Å²) in [7, 11) is 0. The summed E-state index contributed by atoms with van der Waals surface area (Å²) < 4.78 is 0. The number of pyridine rings is 1. The Hall–Kier alpha value is -2.93. The van der Waals surface area contributed by atoms with Crippen molar-refractivity contribution in [3.63, 3.8) is 0 Å². The molecule has 0 saturated heterocycles. The molecule has 0 aliphatic carbocycles. The lowest BCUT2D eigenvalue weighted by atomic mass is 10.1. The van der Waals surface area contributed by atoms with E-state index in [1.54, 1.807) is 17.5 Å². The van der Waals surface area contributed by atoms with Crippen LogP contribution in [0.4, 0.5) is 11.6 Å². The van der Waals surface area contributed by atoms with Crippen LogP contribution in [0.3, 0.4) is 0 Å². The maximum absolute atomic E-state index is 5.83. The van der Waals surface area contributed by atoms with E-state index < -0.39 is 0 Å². The fourth-order valence-corrected chi connectivity index (χ4v) is 3.34. The average molecular weight is 336 g/mol. The molecule has 120 valence electrons.